The molecule has 3 rings (SSSR count). The molecule has 0 saturated heterocycles. The van der Waals surface area contributed by atoms with Crippen LogP contribution >= 0.6 is 22.8 Å². The smallest absolute Gasteiger partial charge is 0.356 e. The Bertz CT molecular complexity index is 1480. The number of hydrogen-bond donors (Lipinski definition) is 0. The molecular weight excluding hydrogens is 898 g/mol. The van der Waals surface area contributed by atoms with Gasteiger partial charge in [0.25, 0.3) is 0 Å². The number of rotatable bonds is 14. The van der Waals surface area contributed by atoms with E-state index >= 15 is 0 Å². The Morgan fingerprint density at radius 2 is 0.824 bits per heavy atom. The van der Waals surface area contributed by atoms with Crippen LogP contribution in [0, 0.1) is 84.1 Å². The maximum absolute atomic E-state index is 12.6. The summed E-state index contributed by atoms with van der Waals surface area (Å²) in [6.07, 6.45) is 0.266. The normalized spacial score (nSPS) is 10.7. The maximum atomic E-state index is 12.6. The Morgan fingerprint density at radius 1 is 0.549 bits per heavy atom. The van der Waals surface area contributed by atoms with Crippen LogP contribution in [0.2, 0.25) is 0 Å². The van der Waals surface area contributed by atoms with Gasteiger partial charge in [0.1, 0.15) is 0 Å². The summed E-state index contributed by atoms with van der Waals surface area (Å²) in [5.74, 6) is -0.344. The van der Waals surface area contributed by atoms with Crippen molar-refractivity contribution in [2.45, 2.75) is 33.9 Å². The van der Waals surface area contributed by atoms with Gasteiger partial charge in [-0.1, -0.05) is 48.5 Å². The van der Waals surface area contributed by atoms with Gasteiger partial charge in [-0.05, 0) is 60.9 Å². The first-order valence-electron chi connectivity index (χ1n) is 14.1. The van der Waals surface area contributed by atoms with Crippen LogP contribution in [0.1, 0.15) is 33.3 Å². The Labute approximate surface area is 323 Å². The molecule has 1 radical (unpaired) electrons. The molecule has 291 valence electrons. The van der Waals surface area contributed by atoms with Crippen LogP contribution in [-0.4, -0.2) is 61.8 Å². The summed E-state index contributed by atoms with van der Waals surface area (Å²) in [5.41, 5.74) is 1.01. The first-order valence-corrected chi connectivity index (χ1v) is 19.3. The molecule has 0 heterocycles. The molecule has 0 aliphatic heterocycles. The Morgan fingerprint density at radius 3 is 1.08 bits per heavy atom. The van der Waals surface area contributed by atoms with E-state index in [0.717, 1.165) is 27.1 Å². The minimum absolute atomic E-state index is 0. The van der Waals surface area contributed by atoms with E-state index in [1.54, 1.807) is 27.7 Å². The van der Waals surface area contributed by atoms with Gasteiger partial charge < -0.3 is 73.1 Å². The summed E-state index contributed by atoms with van der Waals surface area (Å²) in [4.78, 5) is 24.8. The van der Waals surface area contributed by atoms with Crippen molar-refractivity contribution in [1.29, 1.82) is 0 Å². The minimum Gasteiger partial charge on any atom is -0.356 e. The third-order valence-corrected chi connectivity index (χ3v) is 12.6. The monoisotopic (exact) mass is 938 g/mol. The van der Waals surface area contributed by atoms with Gasteiger partial charge in [0, 0.05) is 14.2 Å². The average Bonchev–Trinajstić information content (AvgIpc) is 3.00. The van der Waals surface area contributed by atoms with Gasteiger partial charge in [0.15, 0.2) is 5.90 Å². The Balaban J connectivity index is -0.000000686. The quantitative estimate of drug-likeness (QED) is 0.0645. The van der Waals surface area contributed by atoms with E-state index in [2.05, 4.69) is 18.2 Å². The van der Waals surface area contributed by atoms with E-state index in [4.69, 9.17) is 73.1 Å². The number of hydrogen-bond acceptors (Lipinski definition) is 18. The Hall–Kier alpha value is -2.50. The molecule has 51 heavy (non-hydrogen) atoms. The van der Waals surface area contributed by atoms with Gasteiger partial charge >= 0.3 is 61.0 Å². The molecule has 0 aliphatic carbocycles. The first-order chi connectivity index (χ1) is 23.3. The van der Waals surface area contributed by atoms with Crippen molar-refractivity contribution in [3.05, 3.63) is 106 Å². The molecule has 0 amide bonds. The summed E-state index contributed by atoms with van der Waals surface area (Å²) in [5, 5.41) is 48.7. The molecule has 3 aromatic carbocycles. The molecular formula is C26H39DyN3O18P3. The number of benzene rings is 3. The fourth-order valence-corrected chi connectivity index (χ4v) is 9.77. The van der Waals surface area contributed by atoms with E-state index in [1.807, 2.05) is 36.4 Å². The van der Waals surface area contributed by atoms with Crippen LogP contribution < -0.4 is 0 Å². The van der Waals surface area contributed by atoms with Crippen LogP contribution in [0.25, 0.3) is 21.5 Å². The molecule has 0 spiro atoms. The first kappa shape index (κ1) is 52.9. The van der Waals surface area contributed by atoms with E-state index in [1.165, 1.54) is 14.2 Å². The molecule has 0 saturated carbocycles. The van der Waals surface area contributed by atoms with Crippen LogP contribution in [0.15, 0.2) is 54.6 Å². The van der Waals surface area contributed by atoms with Crippen molar-refractivity contribution in [2.75, 3.05) is 46.6 Å². The van der Waals surface area contributed by atoms with Crippen molar-refractivity contribution in [3.63, 3.8) is 0 Å². The molecule has 25 heteroatoms. The number of fused-ring (bicyclic) bond motifs is 2. The van der Waals surface area contributed by atoms with Crippen LogP contribution in [-0.2, 0) is 47.0 Å². The second-order valence-corrected chi connectivity index (χ2v) is 15.5. The third kappa shape index (κ3) is 23.6. The molecule has 0 atom stereocenters. The standard InChI is InChI=1S/C17H17O3P.C9H22O6P2.Dy.3NO3/c1-19-21(18,20-2)12-17-15-9-5-3-7-13(15)11-14-8-4-6-10-16(14)17;1-5-12-16(10,13-6-2)9-17(11,14-7-3)15-8-4;;3*2-1(3)4/h3-11H,12H2,1-2H3;5-9H2,1-4H3;;;;/q;;+3;3*-1. The fourth-order valence-electron chi connectivity index (χ4n) is 3.91. The number of nitrogens with zero attached hydrogens (tertiary/aromatic N) is 3. The largest absolute Gasteiger partial charge is 3.00 e. The minimum atomic E-state index is -3.41. The van der Waals surface area contributed by atoms with Crippen molar-refractivity contribution in [3.8, 4) is 0 Å². The topological polar surface area (TPSA) is 305 Å². The van der Waals surface area contributed by atoms with E-state index in [9.17, 15) is 13.7 Å². The fraction of sp³-hybridized carbons (Fsp3) is 0.462. The zero-order valence-electron chi connectivity index (χ0n) is 28.3. The summed E-state index contributed by atoms with van der Waals surface area (Å²) in [6.45, 7) is 7.64. The van der Waals surface area contributed by atoms with Crippen molar-refractivity contribution in [1.82, 2.24) is 0 Å². The van der Waals surface area contributed by atoms with E-state index < -0.39 is 38.0 Å². The van der Waals surface area contributed by atoms with Crippen molar-refractivity contribution < 1.29 is 94.3 Å². The molecule has 3 aromatic rings. The maximum Gasteiger partial charge on any atom is 3.00 e. The molecule has 0 aliphatic rings. The molecule has 0 bridgehead atoms. The van der Waals surface area contributed by atoms with Gasteiger partial charge in [-0.2, -0.15) is 0 Å². The van der Waals surface area contributed by atoms with Crippen molar-refractivity contribution >= 4 is 44.3 Å². The second-order valence-electron chi connectivity index (χ2n) is 8.64. The summed E-state index contributed by atoms with van der Waals surface area (Å²) < 4.78 is 67.4. The van der Waals surface area contributed by atoms with Crippen LogP contribution in [0.4, 0.5) is 0 Å². The molecule has 21 nitrogen and oxygen atoms in total. The Kier molecular flexibility index (Phi) is 29.1. The second kappa shape index (κ2) is 28.1. The van der Waals surface area contributed by atoms with Crippen LogP contribution in [0.5, 0.6) is 0 Å². The predicted molar refractivity (Wildman–Crippen MR) is 184 cm³/mol. The zero-order valence-corrected chi connectivity index (χ0v) is 33.0. The van der Waals surface area contributed by atoms with Gasteiger partial charge in [-0.3, -0.25) is 13.7 Å². The summed E-state index contributed by atoms with van der Waals surface area (Å²) in [7, 11) is -7.08. The van der Waals surface area contributed by atoms with Crippen molar-refractivity contribution in [2.24, 2.45) is 0 Å². The molecule has 0 aromatic heterocycles. The van der Waals surface area contributed by atoms with E-state index in [-0.39, 0.29) is 76.7 Å². The predicted octanol–water partition coefficient (Wildman–Crippen LogP) is 7.74. The van der Waals surface area contributed by atoms with Crippen LogP contribution in [0.3, 0.4) is 0 Å². The van der Waals surface area contributed by atoms with Gasteiger partial charge in [0.2, 0.25) is 0 Å². The van der Waals surface area contributed by atoms with E-state index in [0.29, 0.717) is 0 Å². The summed E-state index contributed by atoms with van der Waals surface area (Å²) >= 11 is 0. The zero-order chi connectivity index (χ0) is 39.0. The van der Waals surface area contributed by atoms with Gasteiger partial charge in [-0.25, -0.2) is 0 Å². The third-order valence-electron chi connectivity index (χ3n) is 5.44. The molecule has 0 unspecified atom stereocenters. The SMILES string of the molecule is CCOP(=O)(CP(=O)(OCC)OCC)OCC.COP(=O)(Cc1c2ccccc2cc2ccccc12)OC.O=[N+]([O-])[O-].O=[N+]([O-])[O-].O=[N+]([O-])[O-].[Dy+3]. The van der Waals surface area contributed by atoms with Gasteiger partial charge in [0.05, 0.1) is 47.8 Å². The molecule has 0 fully saturated rings. The molecule has 0 N–H and O–H groups in total. The summed E-state index contributed by atoms with van der Waals surface area (Å²) in [6, 6.07) is 18.4. The van der Waals surface area contributed by atoms with Gasteiger partial charge in [-0.15, -0.1) is 0 Å². The average molecular weight is 937 g/mol.